The van der Waals surface area contributed by atoms with E-state index in [9.17, 15) is 4.79 Å². The van der Waals surface area contributed by atoms with Crippen LogP contribution in [0.3, 0.4) is 0 Å². The summed E-state index contributed by atoms with van der Waals surface area (Å²) in [6, 6.07) is 0. The van der Waals surface area contributed by atoms with Crippen LogP contribution < -0.4 is 0 Å². The van der Waals surface area contributed by atoms with E-state index < -0.39 is 0 Å². The molecule has 0 heterocycles. The molecule has 0 spiro atoms. The quantitative estimate of drug-likeness (QED) is 0.307. The highest BCUT2D eigenvalue weighted by Gasteiger charge is 2.04. The molecule has 17 heavy (non-hydrogen) atoms. The van der Waals surface area contributed by atoms with E-state index in [0.29, 0.717) is 6.61 Å². The van der Waals surface area contributed by atoms with E-state index in [0.717, 1.165) is 19.3 Å². The zero-order valence-corrected chi connectivity index (χ0v) is 12.1. The van der Waals surface area contributed by atoms with E-state index in [4.69, 9.17) is 16.3 Å². The van der Waals surface area contributed by atoms with Crippen molar-refractivity contribution in [2.75, 3.05) is 6.61 Å². The fourth-order valence-electron chi connectivity index (χ4n) is 1.81. The summed E-state index contributed by atoms with van der Waals surface area (Å²) in [4.78, 5) is 10.5. The van der Waals surface area contributed by atoms with E-state index in [-0.39, 0.29) is 11.3 Å². The zero-order valence-electron chi connectivity index (χ0n) is 11.3. The molecule has 0 radical (unpaired) electrons. The molecule has 0 aliphatic rings. The standard InChI is InChI=1S/C14H27ClO2/c1-3-4-5-6-7-8-10-14(15)11-9-12-17-13(2)16/h14H,3-12H2,1-2H3. The highest BCUT2D eigenvalue weighted by Crippen LogP contribution is 2.15. The number of halogens is 1. The van der Waals surface area contributed by atoms with E-state index in [1.165, 1.54) is 45.4 Å². The maximum atomic E-state index is 10.5. The topological polar surface area (TPSA) is 26.3 Å². The van der Waals surface area contributed by atoms with Gasteiger partial charge in [-0.15, -0.1) is 11.6 Å². The molecule has 3 heteroatoms. The lowest BCUT2D eigenvalue weighted by atomic mass is 10.1. The van der Waals surface area contributed by atoms with Gasteiger partial charge in [-0.3, -0.25) is 4.79 Å². The number of hydrogen-bond acceptors (Lipinski definition) is 2. The third-order valence-electron chi connectivity index (χ3n) is 2.84. The summed E-state index contributed by atoms with van der Waals surface area (Å²) in [5, 5.41) is 0.247. The van der Waals surface area contributed by atoms with Crippen LogP contribution in [-0.4, -0.2) is 18.0 Å². The van der Waals surface area contributed by atoms with Crippen molar-refractivity contribution in [3.63, 3.8) is 0 Å². The van der Waals surface area contributed by atoms with Crippen LogP contribution in [0.1, 0.15) is 71.6 Å². The maximum Gasteiger partial charge on any atom is 0.302 e. The van der Waals surface area contributed by atoms with E-state index in [1.807, 2.05) is 0 Å². The monoisotopic (exact) mass is 262 g/mol. The van der Waals surface area contributed by atoms with Gasteiger partial charge in [0.2, 0.25) is 0 Å². The Bertz CT molecular complexity index is 183. The van der Waals surface area contributed by atoms with Crippen LogP contribution in [0.2, 0.25) is 0 Å². The summed E-state index contributed by atoms with van der Waals surface area (Å²) in [6.45, 7) is 4.18. The Kier molecular flexibility index (Phi) is 12.1. The van der Waals surface area contributed by atoms with Crippen LogP contribution in [0.5, 0.6) is 0 Å². The van der Waals surface area contributed by atoms with Crippen molar-refractivity contribution < 1.29 is 9.53 Å². The second-order valence-corrected chi connectivity index (χ2v) is 5.25. The summed E-state index contributed by atoms with van der Waals surface area (Å²) >= 11 is 6.20. The second kappa shape index (κ2) is 12.2. The average molecular weight is 263 g/mol. The first-order chi connectivity index (χ1) is 8.16. The van der Waals surface area contributed by atoms with Gasteiger partial charge < -0.3 is 4.74 Å². The van der Waals surface area contributed by atoms with E-state index in [2.05, 4.69) is 6.92 Å². The van der Waals surface area contributed by atoms with Crippen LogP contribution >= 0.6 is 11.6 Å². The molecule has 0 fully saturated rings. The minimum atomic E-state index is -0.202. The van der Waals surface area contributed by atoms with Crippen molar-refractivity contribution in [2.45, 2.75) is 77.0 Å². The molecular weight excluding hydrogens is 236 g/mol. The third-order valence-corrected chi connectivity index (χ3v) is 3.27. The lowest BCUT2D eigenvalue weighted by molar-refractivity contribution is -0.141. The normalized spacial score (nSPS) is 12.4. The SMILES string of the molecule is CCCCCCCCC(Cl)CCCOC(C)=O. The molecule has 0 N–H and O–H groups in total. The highest BCUT2D eigenvalue weighted by atomic mass is 35.5. The molecule has 0 aliphatic heterocycles. The summed E-state index contributed by atoms with van der Waals surface area (Å²) in [6.07, 6.45) is 10.8. The van der Waals surface area contributed by atoms with Crippen molar-refractivity contribution in [3.8, 4) is 0 Å². The minimum Gasteiger partial charge on any atom is -0.466 e. The molecule has 0 aromatic rings. The van der Waals surface area contributed by atoms with Gasteiger partial charge in [-0.25, -0.2) is 0 Å². The van der Waals surface area contributed by atoms with Crippen molar-refractivity contribution in [2.24, 2.45) is 0 Å². The first-order valence-corrected chi connectivity index (χ1v) is 7.38. The number of carbonyl (C=O) groups is 1. The second-order valence-electron chi connectivity index (χ2n) is 4.64. The molecule has 0 rings (SSSR count). The number of rotatable bonds is 11. The Labute approximate surface area is 111 Å². The van der Waals surface area contributed by atoms with Crippen LogP contribution in [-0.2, 0) is 9.53 Å². The Morgan fingerprint density at radius 1 is 1.06 bits per heavy atom. The minimum absolute atomic E-state index is 0.202. The van der Waals surface area contributed by atoms with Gasteiger partial charge >= 0.3 is 5.97 Å². The lowest BCUT2D eigenvalue weighted by Gasteiger charge is -2.09. The van der Waals surface area contributed by atoms with Crippen molar-refractivity contribution >= 4 is 17.6 Å². The molecule has 0 amide bonds. The van der Waals surface area contributed by atoms with E-state index >= 15 is 0 Å². The van der Waals surface area contributed by atoms with Crippen LogP contribution in [0.25, 0.3) is 0 Å². The molecule has 2 nitrogen and oxygen atoms in total. The largest absolute Gasteiger partial charge is 0.466 e. The van der Waals surface area contributed by atoms with Gasteiger partial charge in [-0.2, -0.15) is 0 Å². The number of carbonyl (C=O) groups excluding carboxylic acids is 1. The first kappa shape index (κ1) is 16.8. The molecule has 102 valence electrons. The number of ether oxygens (including phenoxy) is 1. The number of esters is 1. The molecule has 0 aromatic carbocycles. The van der Waals surface area contributed by atoms with Gasteiger partial charge in [0.25, 0.3) is 0 Å². The molecule has 0 aliphatic carbocycles. The van der Waals surface area contributed by atoms with Crippen LogP contribution in [0.4, 0.5) is 0 Å². The fourth-order valence-corrected chi connectivity index (χ4v) is 2.12. The Morgan fingerprint density at radius 2 is 1.65 bits per heavy atom. The summed E-state index contributed by atoms with van der Waals surface area (Å²) in [7, 11) is 0. The van der Waals surface area contributed by atoms with E-state index in [1.54, 1.807) is 0 Å². The third kappa shape index (κ3) is 13.7. The predicted molar refractivity (Wildman–Crippen MR) is 73.5 cm³/mol. The molecular formula is C14H27ClO2. The molecule has 1 atom stereocenters. The molecule has 0 aromatic heterocycles. The smallest absolute Gasteiger partial charge is 0.302 e. The van der Waals surface area contributed by atoms with Crippen LogP contribution in [0, 0.1) is 0 Å². The summed E-state index contributed by atoms with van der Waals surface area (Å²) in [5.41, 5.74) is 0. The number of unbranched alkanes of at least 4 members (excludes halogenated alkanes) is 5. The first-order valence-electron chi connectivity index (χ1n) is 6.94. The highest BCUT2D eigenvalue weighted by molar-refractivity contribution is 6.20. The Balaban J connectivity index is 3.17. The van der Waals surface area contributed by atoms with Gasteiger partial charge in [0.1, 0.15) is 0 Å². The molecule has 0 saturated carbocycles. The molecule has 0 saturated heterocycles. The lowest BCUT2D eigenvalue weighted by Crippen LogP contribution is -2.04. The maximum absolute atomic E-state index is 10.5. The van der Waals surface area contributed by atoms with Crippen molar-refractivity contribution in [3.05, 3.63) is 0 Å². The number of alkyl halides is 1. The Hall–Kier alpha value is -0.240. The summed E-state index contributed by atoms with van der Waals surface area (Å²) < 4.78 is 4.86. The molecule has 0 bridgehead atoms. The fraction of sp³-hybridized carbons (Fsp3) is 0.929. The van der Waals surface area contributed by atoms with Crippen molar-refractivity contribution in [1.29, 1.82) is 0 Å². The predicted octanol–water partition coefficient (Wildman–Crippen LogP) is 4.69. The zero-order chi connectivity index (χ0) is 12.9. The van der Waals surface area contributed by atoms with Gasteiger partial charge in [-0.05, 0) is 19.3 Å². The van der Waals surface area contributed by atoms with Gasteiger partial charge in [-0.1, -0.05) is 45.4 Å². The van der Waals surface area contributed by atoms with Crippen molar-refractivity contribution in [1.82, 2.24) is 0 Å². The average Bonchev–Trinajstić information content (AvgIpc) is 2.29. The van der Waals surface area contributed by atoms with Gasteiger partial charge in [0.05, 0.1) is 6.61 Å². The Morgan fingerprint density at radius 3 is 2.29 bits per heavy atom. The number of hydrogen-bond donors (Lipinski definition) is 0. The van der Waals surface area contributed by atoms with Gasteiger partial charge in [0.15, 0.2) is 0 Å². The van der Waals surface area contributed by atoms with Gasteiger partial charge in [0, 0.05) is 12.3 Å². The summed E-state index contributed by atoms with van der Waals surface area (Å²) in [5.74, 6) is -0.202. The van der Waals surface area contributed by atoms with Crippen LogP contribution in [0.15, 0.2) is 0 Å². The molecule has 1 unspecified atom stereocenters.